The third-order valence-corrected chi connectivity index (χ3v) is 4.81. The number of hydrogen-bond donors (Lipinski definition) is 1. The Kier molecular flexibility index (Phi) is 4.67. The third kappa shape index (κ3) is 3.39. The van der Waals surface area contributed by atoms with E-state index in [1.54, 1.807) is 0 Å². The standard InChI is InChI=1S/C18H28O/c1-4-14(5-2)13-18(3,19)17-11-10-15-8-6-7-9-16(15)12-17/h10-12,14,19H,4-9,13H2,1-3H3. The molecule has 1 nitrogen and oxygen atoms in total. The number of aliphatic hydroxyl groups is 1. The molecule has 0 aromatic heterocycles. The maximum absolute atomic E-state index is 10.8. The van der Waals surface area contributed by atoms with Crippen molar-refractivity contribution in [2.24, 2.45) is 5.92 Å². The van der Waals surface area contributed by atoms with Gasteiger partial charge in [0.15, 0.2) is 0 Å². The van der Waals surface area contributed by atoms with Crippen LogP contribution in [-0.2, 0) is 18.4 Å². The molecule has 0 aliphatic heterocycles. The lowest BCUT2D eigenvalue weighted by molar-refractivity contribution is 0.0285. The Bertz CT molecular complexity index is 416. The van der Waals surface area contributed by atoms with Crippen molar-refractivity contribution in [3.05, 3.63) is 34.9 Å². The fourth-order valence-corrected chi connectivity index (χ4v) is 3.33. The zero-order chi connectivity index (χ0) is 13.9. The zero-order valence-corrected chi connectivity index (χ0v) is 12.7. The number of aryl methyl sites for hydroxylation is 2. The lowest BCUT2D eigenvalue weighted by atomic mass is 9.81. The Morgan fingerprint density at radius 1 is 1.11 bits per heavy atom. The largest absolute Gasteiger partial charge is 0.385 e. The second-order valence-corrected chi connectivity index (χ2v) is 6.35. The molecule has 1 aromatic carbocycles. The molecule has 1 N–H and O–H groups in total. The fourth-order valence-electron chi connectivity index (χ4n) is 3.33. The van der Waals surface area contributed by atoms with Crippen molar-refractivity contribution in [2.45, 2.75) is 71.3 Å². The van der Waals surface area contributed by atoms with Crippen LogP contribution in [0.3, 0.4) is 0 Å². The lowest BCUT2D eigenvalue weighted by Gasteiger charge is -2.29. The minimum Gasteiger partial charge on any atom is -0.385 e. The highest BCUT2D eigenvalue weighted by atomic mass is 16.3. The molecule has 1 unspecified atom stereocenters. The number of benzene rings is 1. The van der Waals surface area contributed by atoms with Gasteiger partial charge >= 0.3 is 0 Å². The minimum atomic E-state index is -0.677. The number of fused-ring (bicyclic) bond motifs is 1. The molecule has 0 saturated carbocycles. The monoisotopic (exact) mass is 260 g/mol. The van der Waals surface area contributed by atoms with Gasteiger partial charge in [0.2, 0.25) is 0 Å². The van der Waals surface area contributed by atoms with E-state index in [0.717, 1.165) is 24.8 Å². The topological polar surface area (TPSA) is 20.2 Å². The Hall–Kier alpha value is -0.820. The van der Waals surface area contributed by atoms with E-state index >= 15 is 0 Å². The van der Waals surface area contributed by atoms with Crippen LogP contribution in [0.15, 0.2) is 18.2 Å². The van der Waals surface area contributed by atoms with Crippen LogP contribution >= 0.6 is 0 Å². The molecule has 1 aliphatic carbocycles. The molecule has 0 radical (unpaired) electrons. The summed E-state index contributed by atoms with van der Waals surface area (Å²) in [5.41, 5.74) is 3.39. The minimum absolute atomic E-state index is 0.617. The second-order valence-electron chi connectivity index (χ2n) is 6.35. The van der Waals surface area contributed by atoms with Crippen LogP contribution in [0.5, 0.6) is 0 Å². The van der Waals surface area contributed by atoms with Crippen LogP contribution in [0, 0.1) is 5.92 Å². The second kappa shape index (κ2) is 6.09. The van der Waals surface area contributed by atoms with Gasteiger partial charge in [-0.15, -0.1) is 0 Å². The first-order valence-corrected chi connectivity index (χ1v) is 7.91. The van der Waals surface area contributed by atoms with Gasteiger partial charge in [0.05, 0.1) is 5.60 Å². The van der Waals surface area contributed by atoms with Crippen molar-refractivity contribution >= 4 is 0 Å². The van der Waals surface area contributed by atoms with Crippen molar-refractivity contribution in [1.29, 1.82) is 0 Å². The molecular weight excluding hydrogens is 232 g/mol. The molecular formula is C18H28O. The van der Waals surface area contributed by atoms with Gasteiger partial charge < -0.3 is 5.11 Å². The molecule has 19 heavy (non-hydrogen) atoms. The highest BCUT2D eigenvalue weighted by Gasteiger charge is 2.27. The van der Waals surface area contributed by atoms with Crippen molar-refractivity contribution in [2.75, 3.05) is 0 Å². The highest BCUT2D eigenvalue weighted by molar-refractivity contribution is 5.36. The van der Waals surface area contributed by atoms with E-state index < -0.39 is 5.60 Å². The average molecular weight is 260 g/mol. The average Bonchev–Trinajstić information content (AvgIpc) is 2.44. The fraction of sp³-hybridized carbons (Fsp3) is 0.667. The maximum atomic E-state index is 10.8. The van der Waals surface area contributed by atoms with E-state index in [1.165, 1.54) is 36.8 Å². The Morgan fingerprint density at radius 3 is 2.37 bits per heavy atom. The van der Waals surface area contributed by atoms with Gasteiger partial charge in [0.1, 0.15) is 0 Å². The van der Waals surface area contributed by atoms with Crippen LogP contribution in [0.4, 0.5) is 0 Å². The van der Waals surface area contributed by atoms with Crippen molar-refractivity contribution in [3.63, 3.8) is 0 Å². The van der Waals surface area contributed by atoms with Gasteiger partial charge in [-0.1, -0.05) is 44.9 Å². The first-order chi connectivity index (χ1) is 9.06. The molecule has 0 saturated heterocycles. The smallest absolute Gasteiger partial charge is 0.0871 e. The van der Waals surface area contributed by atoms with Crippen molar-refractivity contribution < 1.29 is 5.11 Å². The molecule has 2 rings (SSSR count). The summed E-state index contributed by atoms with van der Waals surface area (Å²) in [6, 6.07) is 6.65. The van der Waals surface area contributed by atoms with Gasteiger partial charge in [-0.2, -0.15) is 0 Å². The Labute approximate surface area is 118 Å². The van der Waals surface area contributed by atoms with E-state index in [4.69, 9.17) is 0 Å². The van der Waals surface area contributed by atoms with E-state index in [0.29, 0.717) is 5.92 Å². The first-order valence-electron chi connectivity index (χ1n) is 7.91. The first kappa shape index (κ1) is 14.6. The Balaban J connectivity index is 2.20. The molecule has 1 atom stereocenters. The van der Waals surface area contributed by atoms with Crippen LogP contribution in [0.2, 0.25) is 0 Å². The zero-order valence-electron chi connectivity index (χ0n) is 12.7. The Morgan fingerprint density at radius 2 is 1.74 bits per heavy atom. The number of hydrogen-bond acceptors (Lipinski definition) is 1. The van der Waals surface area contributed by atoms with E-state index in [1.807, 2.05) is 6.92 Å². The predicted molar refractivity (Wildman–Crippen MR) is 81.3 cm³/mol. The summed E-state index contributed by atoms with van der Waals surface area (Å²) in [5.74, 6) is 0.617. The lowest BCUT2D eigenvalue weighted by Crippen LogP contribution is -2.25. The molecule has 0 bridgehead atoms. The van der Waals surface area contributed by atoms with Gasteiger partial charge in [-0.3, -0.25) is 0 Å². The molecule has 0 fully saturated rings. The summed E-state index contributed by atoms with van der Waals surface area (Å²) >= 11 is 0. The number of rotatable bonds is 5. The van der Waals surface area contributed by atoms with Crippen LogP contribution in [0.25, 0.3) is 0 Å². The normalized spacial score (nSPS) is 18.2. The highest BCUT2D eigenvalue weighted by Crippen LogP contribution is 2.33. The van der Waals surface area contributed by atoms with Crippen molar-refractivity contribution in [3.8, 4) is 0 Å². The van der Waals surface area contributed by atoms with E-state index in [2.05, 4.69) is 32.0 Å². The summed E-state index contributed by atoms with van der Waals surface area (Å²) in [6.45, 7) is 6.42. The SMILES string of the molecule is CCC(CC)CC(C)(O)c1ccc2c(c1)CCCC2. The molecule has 1 aromatic rings. The van der Waals surface area contributed by atoms with Gasteiger partial charge in [-0.25, -0.2) is 0 Å². The van der Waals surface area contributed by atoms with Crippen LogP contribution in [0.1, 0.15) is 69.6 Å². The third-order valence-electron chi connectivity index (χ3n) is 4.81. The van der Waals surface area contributed by atoms with Gasteiger partial charge in [-0.05, 0) is 61.6 Å². The van der Waals surface area contributed by atoms with E-state index in [9.17, 15) is 5.11 Å². The molecule has 1 aliphatic rings. The van der Waals surface area contributed by atoms with Gasteiger partial charge in [0.25, 0.3) is 0 Å². The maximum Gasteiger partial charge on any atom is 0.0871 e. The molecule has 106 valence electrons. The molecule has 0 spiro atoms. The van der Waals surface area contributed by atoms with Crippen LogP contribution < -0.4 is 0 Å². The summed E-state index contributed by atoms with van der Waals surface area (Å²) in [7, 11) is 0. The molecule has 0 heterocycles. The van der Waals surface area contributed by atoms with Crippen LogP contribution in [-0.4, -0.2) is 5.11 Å². The summed E-state index contributed by atoms with van der Waals surface area (Å²) in [6.07, 6.45) is 8.18. The van der Waals surface area contributed by atoms with Crippen molar-refractivity contribution in [1.82, 2.24) is 0 Å². The van der Waals surface area contributed by atoms with E-state index in [-0.39, 0.29) is 0 Å². The summed E-state index contributed by atoms with van der Waals surface area (Å²) in [4.78, 5) is 0. The summed E-state index contributed by atoms with van der Waals surface area (Å²) in [5, 5.41) is 10.8. The van der Waals surface area contributed by atoms with Gasteiger partial charge in [0, 0.05) is 0 Å². The summed E-state index contributed by atoms with van der Waals surface area (Å²) < 4.78 is 0. The predicted octanol–water partition coefficient (Wildman–Crippen LogP) is 4.60. The quantitative estimate of drug-likeness (QED) is 0.820. The molecule has 1 heteroatoms. The molecule has 0 amide bonds.